The normalized spacial score (nSPS) is 23.3. The summed E-state index contributed by atoms with van der Waals surface area (Å²) in [6.07, 6.45) is 3.68. The molecular weight excluding hydrogens is 262 g/mol. The van der Waals surface area contributed by atoms with Crippen molar-refractivity contribution >= 4 is 23.3 Å². The molecule has 2 fully saturated rings. The first-order valence-corrected chi connectivity index (χ1v) is 7.15. The maximum Gasteiger partial charge on any atom is 0.319 e. The lowest BCUT2D eigenvalue weighted by atomic mass is 10.3. The predicted octanol–water partition coefficient (Wildman–Crippen LogP) is 2.70. The molecule has 1 heterocycles. The van der Waals surface area contributed by atoms with Crippen LogP contribution in [0.3, 0.4) is 0 Å². The van der Waals surface area contributed by atoms with Gasteiger partial charge in [-0.15, -0.1) is 0 Å². The van der Waals surface area contributed by atoms with Crippen molar-refractivity contribution in [3.05, 3.63) is 29.3 Å². The second-order valence-corrected chi connectivity index (χ2v) is 5.76. The maximum absolute atomic E-state index is 11.9. The van der Waals surface area contributed by atoms with Gasteiger partial charge in [0.25, 0.3) is 0 Å². The van der Waals surface area contributed by atoms with Crippen LogP contribution in [0.25, 0.3) is 0 Å². The topological polar surface area (TPSA) is 44.4 Å². The van der Waals surface area contributed by atoms with Crippen LogP contribution in [0.15, 0.2) is 24.3 Å². The fourth-order valence-corrected chi connectivity index (χ4v) is 2.79. The Balaban J connectivity index is 1.48. The number of anilines is 1. The van der Waals surface area contributed by atoms with Crippen molar-refractivity contribution in [3.8, 4) is 0 Å². The van der Waals surface area contributed by atoms with Crippen molar-refractivity contribution in [2.75, 3.05) is 18.4 Å². The Hall–Kier alpha value is -1.26. The number of nitrogens with one attached hydrogen (secondary N) is 2. The van der Waals surface area contributed by atoms with Gasteiger partial charge in [0, 0.05) is 35.9 Å². The van der Waals surface area contributed by atoms with Crippen molar-refractivity contribution in [1.82, 2.24) is 10.2 Å². The van der Waals surface area contributed by atoms with E-state index in [0.717, 1.165) is 31.2 Å². The first-order valence-electron chi connectivity index (χ1n) is 6.78. The van der Waals surface area contributed by atoms with Gasteiger partial charge in [-0.1, -0.05) is 17.7 Å². The number of hydrogen-bond donors (Lipinski definition) is 2. The Labute approximate surface area is 118 Å². The van der Waals surface area contributed by atoms with Crippen molar-refractivity contribution < 1.29 is 4.79 Å². The van der Waals surface area contributed by atoms with E-state index < -0.39 is 0 Å². The highest BCUT2D eigenvalue weighted by Crippen LogP contribution is 2.29. The van der Waals surface area contributed by atoms with Gasteiger partial charge in [0.1, 0.15) is 0 Å². The quantitative estimate of drug-likeness (QED) is 0.893. The number of hydrogen-bond acceptors (Lipinski definition) is 2. The van der Waals surface area contributed by atoms with Crippen LogP contribution < -0.4 is 10.6 Å². The highest BCUT2D eigenvalue weighted by molar-refractivity contribution is 6.30. The van der Waals surface area contributed by atoms with Crippen LogP contribution in [0.4, 0.5) is 10.5 Å². The highest BCUT2D eigenvalue weighted by Gasteiger charge is 2.34. The lowest BCUT2D eigenvalue weighted by molar-refractivity contribution is 0.247. The predicted molar refractivity (Wildman–Crippen MR) is 76.6 cm³/mol. The molecular formula is C14H18ClN3O. The van der Waals surface area contributed by atoms with Gasteiger partial charge in [-0.25, -0.2) is 4.79 Å². The fraction of sp³-hybridized carbons (Fsp3) is 0.500. The molecule has 1 aromatic rings. The minimum absolute atomic E-state index is 0.148. The summed E-state index contributed by atoms with van der Waals surface area (Å²) in [6, 6.07) is 8.08. The molecule has 1 saturated carbocycles. The van der Waals surface area contributed by atoms with E-state index in [9.17, 15) is 4.79 Å². The van der Waals surface area contributed by atoms with Crippen molar-refractivity contribution in [2.45, 2.75) is 31.3 Å². The lowest BCUT2D eigenvalue weighted by Gasteiger charge is -2.16. The van der Waals surface area contributed by atoms with Crippen LogP contribution >= 0.6 is 11.6 Å². The van der Waals surface area contributed by atoms with E-state index in [1.807, 2.05) is 12.1 Å². The monoisotopic (exact) mass is 279 g/mol. The summed E-state index contributed by atoms with van der Waals surface area (Å²) in [5.74, 6) is 0. The van der Waals surface area contributed by atoms with E-state index >= 15 is 0 Å². The van der Waals surface area contributed by atoms with Gasteiger partial charge in [-0.05, 0) is 37.5 Å². The van der Waals surface area contributed by atoms with Crippen LogP contribution in [-0.4, -0.2) is 36.1 Å². The fourth-order valence-electron chi connectivity index (χ4n) is 2.60. The smallest absolute Gasteiger partial charge is 0.319 e. The molecule has 1 aliphatic carbocycles. The van der Waals surface area contributed by atoms with E-state index in [0.29, 0.717) is 5.02 Å². The molecule has 0 radical (unpaired) electrons. The summed E-state index contributed by atoms with van der Waals surface area (Å²) < 4.78 is 0. The Morgan fingerprint density at radius 3 is 2.89 bits per heavy atom. The molecule has 2 amide bonds. The Morgan fingerprint density at radius 2 is 2.16 bits per heavy atom. The van der Waals surface area contributed by atoms with Gasteiger partial charge in [-0.3, -0.25) is 4.90 Å². The maximum atomic E-state index is 11.9. The van der Waals surface area contributed by atoms with Crippen LogP contribution in [0.2, 0.25) is 5.02 Å². The molecule has 1 atom stereocenters. The molecule has 0 aromatic heterocycles. The summed E-state index contributed by atoms with van der Waals surface area (Å²) >= 11 is 5.88. The summed E-state index contributed by atoms with van der Waals surface area (Å²) in [6.45, 7) is 2.08. The Bertz CT molecular complexity index is 476. The molecule has 5 heteroatoms. The number of rotatable bonds is 3. The molecule has 2 aliphatic rings. The van der Waals surface area contributed by atoms with Gasteiger partial charge in [0.15, 0.2) is 0 Å². The Kier molecular flexibility index (Phi) is 3.62. The number of halogens is 1. The molecule has 1 unspecified atom stereocenters. The van der Waals surface area contributed by atoms with Crippen LogP contribution in [0, 0.1) is 0 Å². The van der Waals surface area contributed by atoms with Gasteiger partial charge in [0.05, 0.1) is 0 Å². The van der Waals surface area contributed by atoms with Gasteiger partial charge >= 0.3 is 6.03 Å². The molecule has 1 aliphatic heterocycles. The number of carbonyl (C=O) groups is 1. The minimum atomic E-state index is -0.148. The number of urea groups is 1. The van der Waals surface area contributed by atoms with Gasteiger partial charge in [0.2, 0.25) is 0 Å². The zero-order chi connectivity index (χ0) is 13.2. The van der Waals surface area contributed by atoms with Crippen LogP contribution in [0.1, 0.15) is 19.3 Å². The van der Waals surface area contributed by atoms with Gasteiger partial charge < -0.3 is 10.6 Å². The molecule has 1 saturated heterocycles. The summed E-state index contributed by atoms with van der Waals surface area (Å²) in [4.78, 5) is 14.4. The first-order chi connectivity index (χ1) is 9.20. The minimum Gasteiger partial charge on any atom is -0.334 e. The SMILES string of the molecule is O=C(Nc1cccc(Cl)c1)NC1CCN(C2CC2)C1. The number of carbonyl (C=O) groups excluding carboxylic acids is 1. The summed E-state index contributed by atoms with van der Waals surface area (Å²) in [7, 11) is 0. The first kappa shape index (κ1) is 12.8. The second kappa shape index (κ2) is 5.39. The number of amides is 2. The van der Waals surface area contributed by atoms with E-state index in [2.05, 4.69) is 15.5 Å². The molecule has 4 nitrogen and oxygen atoms in total. The third-order valence-electron chi connectivity index (χ3n) is 3.70. The molecule has 0 bridgehead atoms. The third kappa shape index (κ3) is 3.39. The average Bonchev–Trinajstić information content (AvgIpc) is 3.11. The molecule has 1 aromatic carbocycles. The average molecular weight is 280 g/mol. The van der Waals surface area contributed by atoms with E-state index in [4.69, 9.17) is 11.6 Å². The summed E-state index contributed by atoms with van der Waals surface area (Å²) in [5.41, 5.74) is 0.724. The van der Waals surface area contributed by atoms with Crippen molar-refractivity contribution in [3.63, 3.8) is 0 Å². The molecule has 102 valence electrons. The Morgan fingerprint density at radius 1 is 1.32 bits per heavy atom. The van der Waals surface area contributed by atoms with Crippen LogP contribution in [0.5, 0.6) is 0 Å². The highest BCUT2D eigenvalue weighted by atomic mass is 35.5. The van der Waals surface area contributed by atoms with Crippen LogP contribution in [-0.2, 0) is 0 Å². The van der Waals surface area contributed by atoms with Crippen molar-refractivity contribution in [1.29, 1.82) is 0 Å². The molecule has 19 heavy (non-hydrogen) atoms. The number of nitrogens with zero attached hydrogens (tertiary/aromatic N) is 1. The summed E-state index contributed by atoms with van der Waals surface area (Å²) in [5, 5.41) is 6.46. The molecule has 3 rings (SSSR count). The number of likely N-dealkylation sites (tertiary alicyclic amines) is 1. The lowest BCUT2D eigenvalue weighted by Crippen LogP contribution is -2.40. The largest absolute Gasteiger partial charge is 0.334 e. The second-order valence-electron chi connectivity index (χ2n) is 5.32. The zero-order valence-electron chi connectivity index (χ0n) is 10.7. The third-order valence-corrected chi connectivity index (χ3v) is 3.94. The van der Waals surface area contributed by atoms with E-state index in [1.165, 1.54) is 12.8 Å². The zero-order valence-corrected chi connectivity index (χ0v) is 11.5. The van der Waals surface area contributed by atoms with Gasteiger partial charge in [-0.2, -0.15) is 0 Å². The van der Waals surface area contributed by atoms with Crippen molar-refractivity contribution in [2.24, 2.45) is 0 Å². The van der Waals surface area contributed by atoms with E-state index in [-0.39, 0.29) is 12.1 Å². The van der Waals surface area contributed by atoms with E-state index in [1.54, 1.807) is 12.1 Å². The molecule has 2 N–H and O–H groups in total. The standard InChI is InChI=1S/C14H18ClN3O/c15-10-2-1-3-11(8-10)16-14(19)17-12-6-7-18(9-12)13-4-5-13/h1-3,8,12-13H,4-7,9H2,(H2,16,17,19). The molecule has 0 spiro atoms. The number of benzene rings is 1.